The standard InChI is InChI=1S/C81H158O17P2/c1-9-74(8)60-52-44-36-27-23-19-16-17-21-25-29-38-47-55-63-80(85)97-77(68-92-79(84)62-54-46-40-32-35-43-51-59-73(6)7)70-96-100(89,90)94-66-75(82)65-93-99(87,88)95-69-76(98-81(86)64-56-48-39-31-30-34-42-50-58-72(4)5)67-91-78(83)61-53-45-37-28-24-20-15-13-11-10-12-14-18-22-26-33-41-49-57-71(2)3/h71-77,82H,9-70H2,1-8H3,(H,87,88)(H,89,90)/t74?,75?,76-,77-/m1/s1. The number of aliphatic hydroxyl groups is 1. The fourth-order valence-electron chi connectivity index (χ4n) is 12.4. The van der Waals surface area contributed by atoms with Crippen molar-refractivity contribution in [3.8, 4) is 0 Å². The van der Waals surface area contributed by atoms with E-state index >= 15 is 0 Å². The third kappa shape index (κ3) is 73.0. The topological polar surface area (TPSA) is 237 Å². The van der Waals surface area contributed by atoms with Gasteiger partial charge in [0.1, 0.15) is 19.3 Å². The highest BCUT2D eigenvalue weighted by Gasteiger charge is 2.30. The van der Waals surface area contributed by atoms with Crippen molar-refractivity contribution in [2.45, 2.75) is 433 Å². The average molecular weight is 1470 g/mol. The molecule has 0 aromatic heterocycles. The Morgan fingerprint density at radius 3 is 0.710 bits per heavy atom. The Hall–Kier alpha value is -1.94. The number of rotatable bonds is 78. The summed E-state index contributed by atoms with van der Waals surface area (Å²) in [4.78, 5) is 72.9. The lowest BCUT2D eigenvalue weighted by Crippen LogP contribution is -2.30. The van der Waals surface area contributed by atoms with Gasteiger partial charge in [-0.15, -0.1) is 0 Å². The Morgan fingerprint density at radius 2 is 0.480 bits per heavy atom. The third-order valence-corrected chi connectivity index (χ3v) is 21.1. The summed E-state index contributed by atoms with van der Waals surface area (Å²) in [5, 5.41) is 10.6. The third-order valence-electron chi connectivity index (χ3n) is 19.2. The van der Waals surface area contributed by atoms with Crippen LogP contribution in [0.3, 0.4) is 0 Å². The van der Waals surface area contributed by atoms with Crippen LogP contribution in [-0.4, -0.2) is 96.7 Å². The molecule has 0 fully saturated rings. The molecule has 0 aromatic rings. The first-order valence-corrected chi connectivity index (χ1v) is 44.7. The second-order valence-electron chi connectivity index (χ2n) is 30.8. The number of phosphoric acid groups is 2. The highest BCUT2D eigenvalue weighted by atomic mass is 31.2. The quantitative estimate of drug-likeness (QED) is 0.0222. The van der Waals surface area contributed by atoms with Crippen LogP contribution in [0.5, 0.6) is 0 Å². The number of esters is 4. The Labute approximate surface area is 613 Å². The van der Waals surface area contributed by atoms with Crippen molar-refractivity contribution in [1.82, 2.24) is 0 Å². The molecule has 0 saturated heterocycles. The SMILES string of the molecule is CCC(C)CCCCCCCCCCCCCCCCC(=O)O[C@H](COC(=O)CCCCCCCCCC(C)C)COP(=O)(O)OCC(O)COP(=O)(O)OC[C@@H](COC(=O)CCCCCCCCCCCCCCCCCCCCC(C)C)OC(=O)CCCCCCCCCCC(C)C. The van der Waals surface area contributed by atoms with E-state index in [2.05, 4.69) is 55.4 Å². The van der Waals surface area contributed by atoms with E-state index in [-0.39, 0.29) is 25.7 Å². The van der Waals surface area contributed by atoms with Gasteiger partial charge in [0, 0.05) is 25.7 Å². The first-order chi connectivity index (χ1) is 48.1. The molecule has 17 nitrogen and oxygen atoms in total. The van der Waals surface area contributed by atoms with Crippen molar-refractivity contribution >= 4 is 39.5 Å². The van der Waals surface area contributed by atoms with Crippen molar-refractivity contribution in [3.63, 3.8) is 0 Å². The zero-order chi connectivity index (χ0) is 73.8. The molecule has 0 heterocycles. The summed E-state index contributed by atoms with van der Waals surface area (Å²) in [5.74, 6) is 0.974. The number of ether oxygens (including phenoxy) is 4. The van der Waals surface area contributed by atoms with Crippen LogP contribution in [0.15, 0.2) is 0 Å². The van der Waals surface area contributed by atoms with E-state index in [1.807, 2.05) is 0 Å². The summed E-state index contributed by atoms with van der Waals surface area (Å²) in [6.07, 6.45) is 57.1. The molecular formula is C81H158O17P2. The van der Waals surface area contributed by atoms with Gasteiger partial charge in [-0.3, -0.25) is 37.3 Å². The molecule has 0 aliphatic heterocycles. The predicted molar refractivity (Wildman–Crippen MR) is 409 cm³/mol. The van der Waals surface area contributed by atoms with Gasteiger partial charge in [-0.25, -0.2) is 9.13 Å². The average Bonchev–Trinajstić information content (AvgIpc) is 0.911. The second kappa shape index (κ2) is 70.1. The minimum atomic E-state index is -4.96. The molecule has 100 heavy (non-hydrogen) atoms. The molecule has 0 aliphatic rings. The minimum Gasteiger partial charge on any atom is -0.462 e. The summed E-state index contributed by atoms with van der Waals surface area (Å²) in [6, 6.07) is 0. The van der Waals surface area contributed by atoms with E-state index in [0.717, 1.165) is 108 Å². The monoisotopic (exact) mass is 1470 g/mol. The van der Waals surface area contributed by atoms with Gasteiger partial charge < -0.3 is 33.8 Å². The number of aliphatic hydroxyl groups excluding tert-OH is 1. The number of phosphoric ester groups is 2. The van der Waals surface area contributed by atoms with E-state index in [1.54, 1.807) is 0 Å². The smallest absolute Gasteiger partial charge is 0.462 e. The van der Waals surface area contributed by atoms with Crippen LogP contribution in [0.25, 0.3) is 0 Å². The zero-order valence-corrected chi connectivity index (χ0v) is 67.6. The van der Waals surface area contributed by atoms with Crippen LogP contribution in [0.4, 0.5) is 0 Å². The Morgan fingerprint density at radius 1 is 0.280 bits per heavy atom. The molecule has 0 rings (SSSR count). The Bertz CT molecular complexity index is 1960. The molecular weight excluding hydrogens is 1310 g/mol. The molecule has 0 bridgehead atoms. The van der Waals surface area contributed by atoms with Gasteiger partial charge in [0.15, 0.2) is 12.2 Å². The molecule has 0 radical (unpaired) electrons. The van der Waals surface area contributed by atoms with Crippen molar-refractivity contribution in [2.75, 3.05) is 39.6 Å². The van der Waals surface area contributed by atoms with Crippen LogP contribution < -0.4 is 0 Å². The molecule has 0 amide bonds. The number of carbonyl (C=O) groups is 4. The van der Waals surface area contributed by atoms with E-state index < -0.39 is 97.5 Å². The highest BCUT2D eigenvalue weighted by Crippen LogP contribution is 2.45. The maximum atomic E-state index is 13.1. The van der Waals surface area contributed by atoms with Crippen LogP contribution in [0, 0.1) is 23.7 Å². The summed E-state index contributed by atoms with van der Waals surface area (Å²) < 4.78 is 68.6. The summed E-state index contributed by atoms with van der Waals surface area (Å²) in [5.41, 5.74) is 0. The van der Waals surface area contributed by atoms with E-state index in [1.165, 1.54) is 212 Å². The van der Waals surface area contributed by atoms with Crippen LogP contribution in [0.2, 0.25) is 0 Å². The highest BCUT2D eigenvalue weighted by molar-refractivity contribution is 7.47. The number of hydrogen-bond donors (Lipinski definition) is 3. The molecule has 0 aliphatic carbocycles. The predicted octanol–water partition coefficient (Wildman–Crippen LogP) is 24.0. The van der Waals surface area contributed by atoms with Gasteiger partial charge in [0.05, 0.1) is 26.4 Å². The molecule has 19 heteroatoms. The molecule has 4 unspecified atom stereocenters. The van der Waals surface area contributed by atoms with Gasteiger partial charge in [0.25, 0.3) is 0 Å². The summed E-state index contributed by atoms with van der Waals surface area (Å²) in [7, 11) is -9.92. The normalized spacial score (nSPS) is 14.3. The van der Waals surface area contributed by atoms with Gasteiger partial charge in [-0.1, -0.05) is 364 Å². The summed E-state index contributed by atoms with van der Waals surface area (Å²) in [6.45, 7) is 14.2. The lowest BCUT2D eigenvalue weighted by atomic mass is 9.99. The van der Waals surface area contributed by atoms with Gasteiger partial charge in [-0.05, 0) is 49.4 Å². The van der Waals surface area contributed by atoms with Crippen LogP contribution in [-0.2, 0) is 65.4 Å². The van der Waals surface area contributed by atoms with Crippen molar-refractivity contribution in [3.05, 3.63) is 0 Å². The van der Waals surface area contributed by atoms with Crippen LogP contribution in [0.1, 0.15) is 415 Å². The number of hydrogen-bond acceptors (Lipinski definition) is 15. The van der Waals surface area contributed by atoms with E-state index in [4.69, 9.17) is 37.0 Å². The molecule has 3 N–H and O–H groups in total. The lowest BCUT2D eigenvalue weighted by Gasteiger charge is -2.21. The number of carbonyl (C=O) groups excluding carboxylic acids is 4. The molecule has 594 valence electrons. The molecule has 0 spiro atoms. The molecule has 0 saturated carbocycles. The van der Waals surface area contributed by atoms with E-state index in [9.17, 15) is 43.2 Å². The number of unbranched alkanes of at least 4 members (excludes halogenated alkanes) is 43. The van der Waals surface area contributed by atoms with Gasteiger partial charge >= 0.3 is 39.5 Å². The van der Waals surface area contributed by atoms with Gasteiger partial charge in [-0.2, -0.15) is 0 Å². The zero-order valence-electron chi connectivity index (χ0n) is 65.8. The Balaban J connectivity index is 5.16. The minimum absolute atomic E-state index is 0.105. The van der Waals surface area contributed by atoms with Crippen LogP contribution >= 0.6 is 15.6 Å². The maximum absolute atomic E-state index is 13.1. The van der Waals surface area contributed by atoms with Crippen molar-refractivity contribution in [2.24, 2.45) is 23.7 Å². The first kappa shape index (κ1) is 98.1. The largest absolute Gasteiger partial charge is 0.472 e. The van der Waals surface area contributed by atoms with Gasteiger partial charge in [0.2, 0.25) is 0 Å². The maximum Gasteiger partial charge on any atom is 0.472 e. The molecule has 6 atom stereocenters. The van der Waals surface area contributed by atoms with Crippen molar-refractivity contribution < 1.29 is 80.2 Å². The summed E-state index contributed by atoms with van der Waals surface area (Å²) >= 11 is 0. The second-order valence-corrected chi connectivity index (χ2v) is 33.7. The molecule has 0 aromatic carbocycles. The lowest BCUT2D eigenvalue weighted by molar-refractivity contribution is -0.161. The van der Waals surface area contributed by atoms with E-state index in [0.29, 0.717) is 37.5 Å². The fourth-order valence-corrected chi connectivity index (χ4v) is 14.0. The Kier molecular flexibility index (Phi) is 68.7. The van der Waals surface area contributed by atoms with Crippen molar-refractivity contribution in [1.29, 1.82) is 0 Å². The first-order valence-electron chi connectivity index (χ1n) is 41.7. The fraction of sp³-hybridized carbons (Fsp3) is 0.951.